The third kappa shape index (κ3) is 6.42. The van der Waals surface area contributed by atoms with Crippen LogP contribution in [0.25, 0.3) is 0 Å². The number of hydrogen-bond acceptors (Lipinski definition) is 3. The molecule has 1 N–H and O–H groups in total. The quantitative estimate of drug-likeness (QED) is 0.340. The molecule has 0 radical (unpaired) electrons. The van der Waals surface area contributed by atoms with Gasteiger partial charge in [0.25, 0.3) is 0 Å². The van der Waals surface area contributed by atoms with Crippen molar-refractivity contribution < 1.29 is 27.4 Å². The molecular formula is C16H19F4NO2. The van der Waals surface area contributed by atoms with E-state index in [1.807, 2.05) is 0 Å². The van der Waals surface area contributed by atoms with Gasteiger partial charge in [-0.25, -0.2) is 4.39 Å². The summed E-state index contributed by atoms with van der Waals surface area (Å²) in [5.41, 5.74) is 0.611. The molecule has 0 saturated heterocycles. The summed E-state index contributed by atoms with van der Waals surface area (Å²) in [7, 11) is 0. The van der Waals surface area contributed by atoms with Crippen molar-refractivity contribution in [3.63, 3.8) is 0 Å². The number of alkyl halides is 3. The maximum absolute atomic E-state index is 13.1. The van der Waals surface area contributed by atoms with Crippen molar-refractivity contribution in [1.82, 2.24) is 4.90 Å². The zero-order chi connectivity index (χ0) is 17.5. The summed E-state index contributed by atoms with van der Waals surface area (Å²) in [6, 6.07) is 8.43. The predicted molar refractivity (Wildman–Crippen MR) is 78.9 cm³/mol. The van der Waals surface area contributed by atoms with E-state index >= 15 is 0 Å². The monoisotopic (exact) mass is 333 g/mol. The van der Waals surface area contributed by atoms with Crippen LogP contribution in [0.15, 0.2) is 54.6 Å². The summed E-state index contributed by atoms with van der Waals surface area (Å²) in [5, 5.41) is 9.47. The molecule has 0 aliphatic heterocycles. The van der Waals surface area contributed by atoms with Crippen molar-refractivity contribution in [3.8, 4) is 0 Å². The van der Waals surface area contributed by atoms with E-state index in [-0.39, 0.29) is 25.5 Å². The van der Waals surface area contributed by atoms with Gasteiger partial charge in [-0.2, -0.15) is 13.2 Å². The molecule has 128 valence electrons. The molecule has 0 bridgehead atoms. The number of allylic oxidation sites excluding steroid dienone is 3. The lowest BCUT2D eigenvalue weighted by Crippen LogP contribution is -2.46. The Morgan fingerprint density at radius 2 is 1.96 bits per heavy atom. The predicted octanol–water partition coefficient (Wildman–Crippen LogP) is 3.77. The number of benzene rings is 1. The molecule has 0 heterocycles. The standard InChI is InChI=1S/C16H19F4NO2/c1-3-14(17)12(2)23-10-9-21(15(22)16(18,19)20)11-13-7-5-4-6-8-13/h3-8,15,22H,1,9-11H2,2H3/b14-12-. The molecule has 1 aromatic carbocycles. The van der Waals surface area contributed by atoms with Crippen molar-refractivity contribution in [2.24, 2.45) is 0 Å². The van der Waals surface area contributed by atoms with Crippen LogP contribution in [-0.2, 0) is 11.3 Å². The Morgan fingerprint density at radius 3 is 2.48 bits per heavy atom. The van der Waals surface area contributed by atoms with Crippen molar-refractivity contribution in [2.45, 2.75) is 25.9 Å². The molecule has 3 nitrogen and oxygen atoms in total. The van der Waals surface area contributed by atoms with Gasteiger partial charge in [0.2, 0.25) is 6.23 Å². The van der Waals surface area contributed by atoms with Crippen LogP contribution in [0.2, 0.25) is 0 Å². The van der Waals surface area contributed by atoms with Gasteiger partial charge in [-0.05, 0) is 18.6 Å². The number of aliphatic hydroxyl groups excluding tert-OH is 1. The van der Waals surface area contributed by atoms with E-state index in [4.69, 9.17) is 4.74 Å². The second-order valence-electron chi connectivity index (χ2n) is 4.83. The van der Waals surface area contributed by atoms with Gasteiger partial charge in [0.05, 0.1) is 0 Å². The summed E-state index contributed by atoms with van der Waals surface area (Å²) < 4.78 is 56.4. The molecule has 0 aliphatic rings. The van der Waals surface area contributed by atoms with Crippen LogP contribution < -0.4 is 0 Å². The number of halogens is 4. The van der Waals surface area contributed by atoms with Crippen LogP contribution in [0.3, 0.4) is 0 Å². The van der Waals surface area contributed by atoms with Gasteiger partial charge in [0, 0.05) is 13.1 Å². The fourth-order valence-electron chi connectivity index (χ4n) is 1.84. The third-order valence-corrected chi connectivity index (χ3v) is 3.08. The zero-order valence-electron chi connectivity index (χ0n) is 12.7. The van der Waals surface area contributed by atoms with E-state index in [0.717, 1.165) is 11.0 Å². The Bertz CT molecular complexity index is 529. The second kappa shape index (κ2) is 8.69. The first-order valence-electron chi connectivity index (χ1n) is 6.90. The van der Waals surface area contributed by atoms with Gasteiger partial charge in [-0.15, -0.1) is 0 Å². The highest BCUT2D eigenvalue weighted by Gasteiger charge is 2.42. The van der Waals surface area contributed by atoms with Crippen molar-refractivity contribution >= 4 is 0 Å². The number of hydrogen-bond donors (Lipinski definition) is 1. The van der Waals surface area contributed by atoms with E-state index in [0.29, 0.717) is 5.56 Å². The number of nitrogens with zero attached hydrogens (tertiary/aromatic N) is 1. The highest BCUT2D eigenvalue weighted by atomic mass is 19.4. The number of ether oxygens (including phenoxy) is 1. The van der Waals surface area contributed by atoms with E-state index in [2.05, 4.69) is 6.58 Å². The van der Waals surface area contributed by atoms with Gasteiger partial charge in [-0.1, -0.05) is 36.9 Å². The first-order chi connectivity index (χ1) is 10.8. The largest absolute Gasteiger partial charge is 0.494 e. The van der Waals surface area contributed by atoms with E-state index < -0.39 is 18.2 Å². The van der Waals surface area contributed by atoms with Gasteiger partial charge < -0.3 is 9.84 Å². The molecule has 1 rings (SSSR count). The Balaban J connectivity index is 2.74. The van der Waals surface area contributed by atoms with Crippen LogP contribution in [0.4, 0.5) is 17.6 Å². The highest BCUT2D eigenvalue weighted by Crippen LogP contribution is 2.24. The fourth-order valence-corrected chi connectivity index (χ4v) is 1.84. The molecule has 0 spiro atoms. The first-order valence-corrected chi connectivity index (χ1v) is 6.90. The molecular weight excluding hydrogens is 314 g/mol. The lowest BCUT2D eigenvalue weighted by atomic mass is 10.2. The average Bonchev–Trinajstić information content (AvgIpc) is 2.52. The molecule has 0 aromatic heterocycles. The summed E-state index contributed by atoms with van der Waals surface area (Å²) in [6.07, 6.45) is -6.46. The van der Waals surface area contributed by atoms with Gasteiger partial charge in [-0.3, -0.25) is 4.90 Å². The Labute approximate surface area is 132 Å². The van der Waals surface area contributed by atoms with E-state index in [9.17, 15) is 22.7 Å². The minimum Gasteiger partial charge on any atom is -0.494 e. The van der Waals surface area contributed by atoms with E-state index in [1.165, 1.54) is 6.92 Å². The Morgan fingerprint density at radius 1 is 1.35 bits per heavy atom. The number of aliphatic hydroxyl groups is 1. The van der Waals surface area contributed by atoms with Gasteiger partial charge in [0.1, 0.15) is 12.4 Å². The maximum atomic E-state index is 13.1. The lowest BCUT2D eigenvalue weighted by Gasteiger charge is -2.29. The van der Waals surface area contributed by atoms with Crippen molar-refractivity contribution in [1.29, 1.82) is 0 Å². The van der Waals surface area contributed by atoms with Crippen molar-refractivity contribution in [3.05, 3.63) is 60.1 Å². The normalized spacial score (nSPS) is 14.4. The minimum atomic E-state index is -4.79. The SMILES string of the molecule is C=C/C(F)=C(\C)OCCN(Cc1ccccc1)C(O)C(F)(F)F. The first kappa shape index (κ1) is 19.2. The lowest BCUT2D eigenvalue weighted by molar-refractivity contribution is -0.252. The number of rotatable bonds is 8. The molecule has 7 heteroatoms. The minimum absolute atomic E-state index is 0.0684. The molecule has 1 unspecified atom stereocenters. The summed E-state index contributed by atoms with van der Waals surface area (Å²) in [6.45, 7) is 4.04. The average molecular weight is 333 g/mol. The van der Waals surface area contributed by atoms with Crippen LogP contribution in [0, 0.1) is 0 Å². The molecule has 0 saturated carbocycles. The molecule has 0 aliphatic carbocycles. The fraction of sp³-hybridized carbons (Fsp3) is 0.375. The van der Waals surface area contributed by atoms with Gasteiger partial charge in [0.15, 0.2) is 5.83 Å². The van der Waals surface area contributed by atoms with E-state index in [1.54, 1.807) is 30.3 Å². The Kier molecular flexibility index (Phi) is 7.25. The smallest absolute Gasteiger partial charge is 0.428 e. The second-order valence-corrected chi connectivity index (χ2v) is 4.83. The maximum Gasteiger partial charge on any atom is 0.428 e. The van der Waals surface area contributed by atoms with Crippen LogP contribution in [-0.4, -0.2) is 35.6 Å². The zero-order valence-corrected chi connectivity index (χ0v) is 12.7. The molecule has 1 aromatic rings. The molecule has 1 atom stereocenters. The third-order valence-electron chi connectivity index (χ3n) is 3.08. The Hall–Kier alpha value is -1.86. The summed E-state index contributed by atoms with van der Waals surface area (Å²) in [4.78, 5) is 0.814. The molecule has 0 fully saturated rings. The van der Waals surface area contributed by atoms with Crippen LogP contribution in [0.1, 0.15) is 12.5 Å². The highest BCUT2D eigenvalue weighted by molar-refractivity contribution is 5.14. The molecule has 0 amide bonds. The van der Waals surface area contributed by atoms with Crippen LogP contribution >= 0.6 is 0 Å². The summed E-state index contributed by atoms with van der Waals surface area (Å²) >= 11 is 0. The topological polar surface area (TPSA) is 32.7 Å². The van der Waals surface area contributed by atoms with Gasteiger partial charge >= 0.3 is 6.18 Å². The van der Waals surface area contributed by atoms with Crippen molar-refractivity contribution in [2.75, 3.05) is 13.2 Å². The molecule has 23 heavy (non-hydrogen) atoms. The van der Waals surface area contributed by atoms with Crippen LogP contribution in [0.5, 0.6) is 0 Å². The summed E-state index contributed by atoms with van der Waals surface area (Å²) in [5.74, 6) is -0.753.